The van der Waals surface area contributed by atoms with Gasteiger partial charge in [0.25, 0.3) is 0 Å². The van der Waals surface area contributed by atoms with Gasteiger partial charge in [-0.3, -0.25) is 9.89 Å². The number of ether oxygens (including phenoxy) is 2. The summed E-state index contributed by atoms with van der Waals surface area (Å²) in [4.78, 5) is 12.4. The first-order chi connectivity index (χ1) is 16.1. The molecule has 6 nitrogen and oxygen atoms in total. The number of hydrogen-bond donors (Lipinski definition) is 2. The summed E-state index contributed by atoms with van der Waals surface area (Å²) in [5, 5.41) is 10.3. The van der Waals surface area contributed by atoms with Crippen LogP contribution in [0.5, 0.6) is 11.5 Å². The summed E-state index contributed by atoms with van der Waals surface area (Å²) >= 11 is 0. The highest BCUT2D eigenvalue weighted by atomic mass is 19.1. The SMILES string of the molecule is COc1cc(C2CC(=O)Nc3n[nH]c(-c4ccccc4)c32)ccc1OCc1ccccc1F. The van der Waals surface area contributed by atoms with Crippen LogP contribution in [0.4, 0.5) is 10.2 Å². The van der Waals surface area contributed by atoms with Gasteiger partial charge in [0.15, 0.2) is 17.3 Å². The van der Waals surface area contributed by atoms with Crippen LogP contribution in [-0.2, 0) is 11.4 Å². The van der Waals surface area contributed by atoms with Gasteiger partial charge < -0.3 is 14.8 Å². The Bertz CT molecular complexity index is 1300. The summed E-state index contributed by atoms with van der Waals surface area (Å²) in [5.41, 5.74) is 4.16. The molecule has 4 aromatic rings. The van der Waals surface area contributed by atoms with Crippen molar-refractivity contribution in [1.29, 1.82) is 0 Å². The highest BCUT2D eigenvalue weighted by Crippen LogP contribution is 2.43. The summed E-state index contributed by atoms with van der Waals surface area (Å²) in [6.07, 6.45) is 0.283. The van der Waals surface area contributed by atoms with E-state index in [1.165, 1.54) is 6.07 Å². The lowest BCUT2D eigenvalue weighted by molar-refractivity contribution is -0.116. The van der Waals surface area contributed by atoms with Crippen LogP contribution < -0.4 is 14.8 Å². The zero-order valence-corrected chi connectivity index (χ0v) is 18.0. The second-order valence-corrected chi connectivity index (χ2v) is 7.82. The standard InChI is InChI=1S/C26H22FN3O3/c1-32-22-13-17(11-12-21(22)33-15-18-9-5-6-10-20(18)27)19-14-23(31)28-26-24(19)25(29-30-26)16-7-3-2-4-8-16/h2-13,19H,14-15H2,1H3,(H2,28,29,30,31). The quantitative estimate of drug-likeness (QED) is 0.425. The van der Waals surface area contributed by atoms with Crippen LogP contribution in [0.25, 0.3) is 11.3 Å². The van der Waals surface area contributed by atoms with Crippen molar-refractivity contribution in [1.82, 2.24) is 10.2 Å². The van der Waals surface area contributed by atoms with Gasteiger partial charge in [-0.1, -0.05) is 54.6 Å². The molecule has 1 atom stereocenters. The zero-order chi connectivity index (χ0) is 22.8. The van der Waals surface area contributed by atoms with E-state index < -0.39 is 0 Å². The molecule has 33 heavy (non-hydrogen) atoms. The number of halogens is 1. The second kappa shape index (κ2) is 8.78. The Morgan fingerprint density at radius 1 is 1.03 bits per heavy atom. The number of methoxy groups -OCH3 is 1. The molecule has 7 heteroatoms. The maximum atomic E-state index is 13.9. The molecule has 0 spiro atoms. The third kappa shape index (κ3) is 4.05. The largest absolute Gasteiger partial charge is 0.493 e. The van der Waals surface area contributed by atoms with Gasteiger partial charge in [0.2, 0.25) is 5.91 Å². The van der Waals surface area contributed by atoms with Gasteiger partial charge in [0.1, 0.15) is 12.4 Å². The van der Waals surface area contributed by atoms with Crippen molar-refractivity contribution in [3.8, 4) is 22.8 Å². The number of carbonyl (C=O) groups is 1. The molecule has 1 aromatic heterocycles. The van der Waals surface area contributed by atoms with Gasteiger partial charge in [-0.15, -0.1) is 0 Å². The highest BCUT2D eigenvalue weighted by molar-refractivity contribution is 5.96. The number of aromatic amines is 1. The minimum atomic E-state index is -0.317. The number of aromatic nitrogens is 2. The van der Waals surface area contributed by atoms with Crippen LogP contribution in [0.3, 0.4) is 0 Å². The lowest BCUT2D eigenvalue weighted by Crippen LogP contribution is -2.23. The monoisotopic (exact) mass is 443 g/mol. The maximum Gasteiger partial charge on any atom is 0.226 e. The van der Waals surface area contributed by atoms with E-state index in [0.717, 1.165) is 22.4 Å². The molecular formula is C26H22FN3O3. The van der Waals surface area contributed by atoms with Crippen LogP contribution in [0, 0.1) is 5.82 Å². The maximum absolute atomic E-state index is 13.9. The Morgan fingerprint density at radius 3 is 2.61 bits per heavy atom. The van der Waals surface area contributed by atoms with Crippen LogP contribution in [0.1, 0.15) is 29.0 Å². The number of hydrogen-bond acceptors (Lipinski definition) is 4. The number of carbonyl (C=O) groups excluding carboxylic acids is 1. The molecule has 0 bridgehead atoms. The average Bonchev–Trinajstić information content (AvgIpc) is 3.27. The first-order valence-corrected chi connectivity index (χ1v) is 10.6. The molecule has 0 saturated heterocycles. The lowest BCUT2D eigenvalue weighted by atomic mass is 9.84. The first-order valence-electron chi connectivity index (χ1n) is 10.6. The predicted octanol–water partition coefficient (Wildman–Crippen LogP) is 5.28. The number of fused-ring (bicyclic) bond motifs is 1. The van der Waals surface area contributed by atoms with Crippen molar-refractivity contribution in [2.24, 2.45) is 0 Å². The fourth-order valence-corrected chi connectivity index (χ4v) is 4.16. The number of nitrogens with zero attached hydrogens (tertiary/aromatic N) is 1. The predicted molar refractivity (Wildman–Crippen MR) is 123 cm³/mol. The molecule has 1 aliphatic rings. The van der Waals surface area contributed by atoms with Crippen molar-refractivity contribution in [3.05, 3.63) is 95.3 Å². The zero-order valence-electron chi connectivity index (χ0n) is 18.0. The van der Waals surface area contributed by atoms with E-state index in [9.17, 15) is 9.18 Å². The normalized spacial score (nSPS) is 15.0. The Morgan fingerprint density at radius 2 is 1.82 bits per heavy atom. The number of benzene rings is 3. The van der Waals surface area contributed by atoms with Gasteiger partial charge >= 0.3 is 0 Å². The molecule has 1 unspecified atom stereocenters. The van der Waals surface area contributed by atoms with E-state index in [-0.39, 0.29) is 30.7 Å². The topological polar surface area (TPSA) is 76.2 Å². The minimum absolute atomic E-state index is 0.0816. The van der Waals surface area contributed by atoms with Gasteiger partial charge in [-0.25, -0.2) is 4.39 Å². The summed E-state index contributed by atoms with van der Waals surface area (Å²) in [5.74, 6) is 0.924. The van der Waals surface area contributed by atoms with Crippen LogP contribution in [0.15, 0.2) is 72.8 Å². The number of rotatable bonds is 6. The molecular weight excluding hydrogens is 421 g/mol. The molecule has 2 heterocycles. The number of anilines is 1. The Labute approximate surface area is 190 Å². The Kier molecular flexibility index (Phi) is 5.52. The summed E-state index contributed by atoms with van der Waals surface area (Å²) in [6.45, 7) is 0.0816. The van der Waals surface area contributed by atoms with Gasteiger partial charge in [-0.2, -0.15) is 5.10 Å². The third-order valence-corrected chi connectivity index (χ3v) is 5.79. The molecule has 0 radical (unpaired) electrons. The molecule has 0 aliphatic carbocycles. The summed E-state index contributed by atoms with van der Waals surface area (Å²) < 4.78 is 25.4. The Hall–Kier alpha value is -4.13. The van der Waals surface area contributed by atoms with Crippen molar-refractivity contribution in [2.45, 2.75) is 18.9 Å². The smallest absolute Gasteiger partial charge is 0.226 e. The van der Waals surface area contributed by atoms with Crippen molar-refractivity contribution in [3.63, 3.8) is 0 Å². The molecule has 1 amide bonds. The van der Waals surface area contributed by atoms with Crippen molar-refractivity contribution < 1.29 is 18.7 Å². The van der Waals surface area contributed by atoms with Crippen LogP contribution in [-0.4, -0.2) is 23.2 Å². The number of nitrogens with one attached hydrogen (secondary N) is 2. The van der Waals surface area contributed by atoms with E-state index in [4.69, 9.17) is 9.47 Å². The Balaban J connectivity index is 1.48. The third-order valence-electron chi connectivity index (χ3n) is 5.79. The highest BCUT2D eigenvalue weighted by Gasteiger charge is 2.32. The number of amides is 1. The second-order valence-electron chi connectivity index (χ2n) is 7.82. The molecule has 1 aliphatic heterocycles. The van der Waals surface area contributed by atoms with Crippen LogP contribution >= 0.6 is 0 Å². The van der Waals surface area contributed by atoms with Crippen molar-refractivity contribution in [2.75, 3.05) is 12.4 Å². The first kappa shape index (κ1) is 20.8. The fraction of sp³-hybridized carbons (Fsp3) is 0.154. The van der Waals surface area contributed by atoms with Crippen LogP contribution in [0.2, 0.25) is 0 Å². The van der Waals surface area contributed by atoms with Crippen molar-refractivity contribution >= 4 is 11.7 Å². The van der Waals surface area contributed by atoms with Gasteiger partial charge in [-0.05, 0) is 29.3 Å². The lowest BCUT2D eigenvalue weighted by Gasteiger charge is -2.24. The molecule has 2 N–H and O–H groups in total. The van der Waals surface area contributed by atoms with E-state index in [1.807, 2.05) is 42.5 Å². The molecule has 3 aromatic carbocycles. The molecule has 5 rings (SSSR count). The minimum Gasteiger partial charge on any atom is -0.493 e. The number of H-pyrrole nitrogens is 1. The van der Waals surface area contributed by atoms with E-state index in [0.29, 0.717) is 22.9 Å². The van der Waals surface area contributed by atoms with E-state index in [2.05, 4.69) is 15.5 Å². The van der Waals surface area contributed by atoms with Gasteiger partial charge in [0, 0.05) is 23.5 Å². The molecule has 0 fully saturated rings. The summed E-state index contributed by atoms with van der Waals surface area (Å²) in [6, 6.07) is 21.9. The van der Waals surface area contributed by atoms with E-state index >= 15 is 0 Å². The molecule has 166 valence electrons. The fourth-order valence-electron chi connectivity index (χ4n) is 4.16. The van der Waals surface area contributed by atoms with E-state index in [1.54, 1.807) is 31.4 Å². The molecule has 0 saturated carbocycles. The average molecular weight is 443 g/mol. The summed E-state index contributed by atoms with van der Waals surface area (Å²) in [7, 11) is 1.56. The van der Waals surface area contributed by atoms with Gasteiger partial charge in [0.05, 0.1) is 12.8 Å².